The third-order valence-electron chi connectivity index (χ3n) is 6.03. The minimum absolute atomic E-state index is 0.0695. The Kier molecular flexibility index (Phi) is 7.95. The van der Waals surface area contributed by atoms with Gasteiger partial charge in [0.25, 0.3) is 11.7 Å². The van der Waals surface area contributed by atoms with Crippen LogP contribution in [0.1, 0.15) is 29.7 Å². The van der Waals surface area contributed by atoms with E-state index in [0.717, 1.165) is 5.56 Å². The van der Waals surface area contributed by atoms with Crippen LogP contribution >= 0.6 is 23.2 Å². The SMILES string of the molecule is CCOc1ccc(C2/C(=C(\O)c3cc(Cl)c(OC)c(Cl)c3)C(=O)C(=O)N2Cc2ccc(OC)cc2)cc1. The first-order valence-corrected chi connectivity index (χ1v) is 12.2. The number of likely N-dealkylation sites (tertiary alicyclic amines) is 1. The van der Waals surface area contributed by atoms with E-state index in [1.807, 2.05) is 19.1 Å². The summed E-state index contributed by atoms with van der Waals surface area (Å²) in [5.74, 6) is -0.382. The average Bonchev–Trinajstić information content (AvgIpc) is 3.14. The second kappa shape index (κ2) is 11.2. The quantitative estimate of drug-likeness (QED) is 0.213. The number of ketones is 1. The molecule has 1 aliphatic heterocycles. The van der Waals surface area contributed by atoms with Gasteiger partial charge in [-0.1, -0.05) is 47.5 Å². The number of benzene rings is 3. The monoisotopic (exact) mass is 541 g/mol. The van der Waals surface area contributed by atoms with Crippen molar-refractivity contribution in [3.05, 3.63) is 93.0 Å². The lowest BCUT2D eigenvalue weighted by molar-refractivity contribution is -0.140. The number of Topliss-reactive ketones (excluding diaryl/α,β-unsaturated/α-hetero) is 1. The van der Waals surface area contributed by atoms with E-state index in [1.165, 1.54) is 24.1 Å². The smallest absolute Gasteiger partial charge is 0.295 e. The molecule has 1 atom stereocenters. The van der Waals surface area contributed by atoms with Crippen LogP contribution in [-0.2, 0) is 16.1 Å². The van der Waals surface area contributed by atoms with Crippen molar-refractivity contribution in [2.75, 3.05) is 20.8 Å². The van der Waals surface area contributed by atoms with Crippen LogP contribution in [-0.4, -0.2) is 42.5 Å². The molecule has 1 heterocycles. The summed E-state index contributed by atoms with van der Waals surface area (Å²) in [5.41, 5.74) is 1.53. The Morgan fingerprint density at radius 1 is 0.919 bits per heavy atom. The molecule has 1 unspecified atom stereocenters. The number of carbonyl (C=O) groups is 2. The molecule has 4 rings (SSSR count). The minimum atomic E-state index is -0.863. The van der Waals surface area contributed by atoms with Crippen LogP contribution in [0.25, 0.3) is 5.76 Å². The molecule has 0 radical (unpaired) electrons. The summed E-state index contributed by atoms with van der Waals surface area (Å²) in [6, 6.07) is 16.2. The van der Waals surface area contributed by atoms with Crippen molar-refractivity contribution in [2.45, 2.75) is 19.5 Å². The van der Waals surface area contributed by atoms with Gasteiger partial charge in [0, 0.05) is 12.1 Å². The zero-order chi connectivity index (χ0) is 26.7. The number of hydrogen-bond acceptors (Lipinski definition) is 6. The number of halogens is 2. The van der Waals surface area contributed by atoms with E-state index in [4.69, 9.17) is 37.4 Å². The summed E-state index contributed by atoms with van der Waals surface area (Å²) >= 11 is 12.6. The topological polar surface area (TPSA) is 85.3 Å². The number of aliphatic hydroxyl groups is 1. The Balaban J connectivity index is 1.84. The summed E-state index contributed by atoms with van der Waals surface area (Å²) in [5, 5.41) is 11.6. The molecule has 1 aliphatic rings. The molecule has 1 amide bonds. The number of rotatable bonds is 8. The second-order valence-corrected chi connectivity index (χ2v) is 9.06. The molecule has 0 saturated carbocycles. The van der Waals surface area contributed by atoms with Crippen molar-refractivity contribution in [2.24, 2.45) is 0 Å². The molecule has 1 saturated heterocycles. The van der Waals surface area contributed by atoms with E-state index in [1.54, 1.807) is 43.5 Å². The van der Waals surface area contributed by atoms with E-state index in [0.29, 0.717) is 23.7 Å². The normalized spacial score (nSPS) is 16.7. The van der Waals surface area contributed by atoms with Crippen LogP contribution in [0.15, 0.2) is 66.2 Å². The molecule has 0 aromatic heterocycles. The van der Waals surface area contributed by atoms with Gasteiger partial charge in [0.2, 0.25) is 0 Å². The summed E-state index contributed by atoms with van der Waals surface area (Å²) < 4.78 is 15.9. The lowest BCUT2D eigenvalue weighted by Crippen LogP contribution is -2.29. The van der Waals surface area contributed by atoms with Crippen LogP contribution < -0.4 is 14.2 Å². The van der Waals surface area contributed by atoms with Crippen LogP contribution in [0.5, 0.6) is 17.2 Å². The summed E-state index contributed by atoms with van der Waals surface area (Å²) in [6.45, 7) is 2.50. The first kappa shape index (κ1) is 26.4. The van der Waals surface area contributed by atoms with Crippen molar-refractivity contribution in [3.8, 4) is 17.2 Å². The Morgan fingerprint density at radius 3 is 2.05 bits per heavy atom. The van der Waals surface area contributed by atoms with Crippen molar-refractivity contribution in [3.63, 3.8) is 0 Å². The highest BCUT2D eigenvalue weighted by molar-refractivity contribution is 6.46. The standard InChI is InChI=1S/C28H25Cl2NO6/c1-4-37-20-11-7-17(8-12-20)24-23(25(32)18-13-21(29)27(36-3)22(30)14-18)26(33)28(34)31(24)15-16-5-9-19(35-2)10-6-16/h5-14,24,32H,4,15H2,1-3H3/b25-23+. The Labute approximate surface area is 224 Å². The van der Waals surface area contributed by atoms with Crippen molar-refractivity contribution in [1.29, 1.82) is 0 Å². The van der Waals surface area contributed by atoms with Gasteiger partial charge in [0.05, 0.1) is 42.5 Å². The number of methoxy groups -OCH3 is 2. The summed E-state index contributed by atoms with van der Waals surface area (Å²) in [7, 11) is 2.99. The minimum Gasteiger partial charge on any atom is -0.507 e. The molecule has 0 aliphatic carbocycles. The summed E-state index contributed by atoms with van der Waals surface area (Å²) in [4.78, 5) is 28.0. The Hall–Kier alpha value is -3.68. The average molecular weight is 542 g/mol. The van der Waals surface area contributed by atoms with Crippen LogP contribution in [0.4, 0.5) is 0 Å². The number of amides is 1. The number of aliphatic hydroxyl groups excluding tert-OH is 1. The molecular weight excluding hydrogens is 517 g/mol. The Morgan fingerprint density at radius 2 is 1.51 bits per heavy atom. The maximum absolute atomic E-state index is 13.3. The largest absolute Gasteiger partial charge is 0.507 e. The molecule has 1 N–H and O–H groups in total. The van der Waals surface area contributed by atoms with Gasteiger partial charge in [-0.05, 0) is 54.4 Å². The highest BCUT2D eigenvalue weighted by Crippen LogP contribution is 2.42. The van der Waals surface area contributed by atoms with Crippen LogP contribution in [0, 0.1) is 0 Å². The van der Waals surface area contributed by atoms with Crippen LogP contribution in [0.3, 0.4) is 0 Å². The van der Waals surface area contributed by atoms with E-state index >= 15 is 0 Å². The number of hydrogen-bond donors (Lipinski definition) is 1. The molecule has 37 heavy (non-hydrogen) atoms. The zero-order valence-corrected chi connectivity index (χ0v) is 22.0. The lowest BCUT2D eigenvalue weighted by Gasteiger charge is -2.26. The van der Waals surface area contributed by atoms with E-state index in [-0.39, 0.29) is 39.2 Å². The highest BCUT2D eigenvalue weighted by atomic mass is 35.5. The predicted octanol–water partition coefficient (Wildman–Crippen LogP) is 6.03. The lowest BCUT2D eigenvalue weighted by atomic mass is 9.95. The van der Waals surface area contributed by atoms with Gasteiger partial charge in [-0.25, -0.2) is 0 Å². The molecule has 192 valence electrons. The second-order valence-electron chi connectivity index (χ2n) is 8.25. The first-order chi connectivity index (χ1) is 17.8. The molecule has 3 aromatic carbocycles. The zero-order valence-electron chi connectivity index (χ0n) is 20.5. The molecule has 0 bridgehead atoms. The van der Waals surface area contributed by atoms with E-state index in [2.05, 4.69) is 0 Å². The van der Waals surface area contributed by atoms with Gasteiger partial charge in [0.1, 0.15) is 17.3 Å². The van der Waals surface area contributed by atoms with Gasteiger partial charge in [-0.3, -0.25) is 9.59 Å². The molecule has 3 aromatic rings. The van der Waals surface area contributed by atoms with Gasteiger partial charge in [-0.15, -0.1) is 0 Å². The van der Waals surface area contributed by atoms with Gasteiger partial charge < -0.3 is 24.2 Å². The number of nitrogens with zero attached hydrogens (tertiary/aromatic N) is 1. The third kappa shape index (κ3) is 5.24. The van der Waals surface area contributed by atoms with Gasteiger partial charge >= 0.3 is 0 Å². The fraction of sp³-hybridized carbons (Fsp3) is 0.214. The van der Waals surface area contributed by atoms with E-state index < -0.39 is 17.7 Å². The predicted molar refractivity (Wildman–Crippen MR) is 141 cm³/mol. The Bertz CT molecular complexity index is 1330. The number of ether oxygens (including phenoxy) is 3. The highest BCUT2D eigenvalue weighted by Gasteiger charge is 2.46. The van der Waals surface area contributed by atoms with Crippen LogP contribution in [0.2, 0.25) is 10.0 Å². The molecule has 1 fully saturated rings. The maximum Gasteiger partial charge on any atom is 0.295 e. The fourth-order valence-corrected chi connectivity index (χ4v) is 4.92. The van der Waals surface area contributed by atoms with Gasteiger partial charge in [0.15, 0.2) is 5.75 Å². The van der Waals surface area contributed by atoms with Gasteiger partial charge in [-0.2, -0.15) is 0 Å². The fourth-order valence-electron chi connectivity index (χ4n) is 4.28. The molecular formula is C28H25Cl2NO6. The summed E-state index contributed by atoms with van der Waals surface area (Å²) in [6.07, 6.45) is 0. The molecule has 7 nitrogen and oxygen atoms in total. The van der Waals surface area contributed by atoms with Crippen molar-refractivity contribution >= 4 is 40.7 Å². The third-order valence-corrected chi connectivity index (χ3v) is 6.60. The first-order valence-electron chi connectivity index (χ1n) is 11.5. The van der Waals surface area contributed by atoms with Crippen molar-refractivity contribution < 1.29 is 28.9 Å². The number of carbonyl (C=O) groups excluding carboxylic acids is 2. The molecule has 0 spiro atoms. The van der Waals surface area contributed by atoms with E-state index in [9.17, 15) is 14.7 Å². The maximum atomic E-state index is 13.3. The molecule has 9 heteroatoms. The van der Waals surface area contributed by atoms with Crippen molar-refractivity contribution in [1.82, 2.24) is 4.90 Å².